The molecule has 0 aromatic carbocycles. The quantitative estimate of drug-likeness (QED) is 0.438. The van der Waals surface area contributed by atoms with Crippen LogP contribution in [0.1, 0.15) is 93.4 Å². The van der Waals surface area contributed by atoms with Gasteiger partial charge in [-0.15, -0.1) is 5.54 Å². The number of rotatable bonds is 0. The molecule has 3 fully saturated rings. The van der Waals surface area contributed by atoms with Crippen LogP contribution in [0.15, 0.2) is 23.3 Å². The fraction of sp³-hybridized carbons (Fsp3) is 0.733. The molecular weight excluding hydrogens is 427 g/mol. The number of allylic oxidation sites excluding steroid dienone is 4. The van der Waals surface area contributed by atoms with Gasteiger partial charge >= 0.3 is 18.9 Å². The minimum Gasteiger partial charge on any atom is -0.354 e. The van der Waals surface area contributed by atoms with Crippen LogP contribution in [0.4, 0.5) is 0 Å². The zero-order valence-corrected chi connectivity index (χ0v) is 23.1. The van der Waals surface area contributed by atoms with Crippen LogP contribution in [0.5, 0.6) is 0 Å². The summed E-state index contributed by atoms with van der Waals surface area (Å²) in [5, 5.41) is 9.81. The van der Waals surface area contributed by atoms with E-state index >= 15 is 0 Å². The van der Waals surface area contributed by atoms with Crippen molar-refractivity contribution in [2.75, 3.05) is 0 Å². The molecule has 1 unspecified atom stereocenters. The third-order valence-corrected chi connectivity index (χ3v) is 11.6. The molecule has 35 heavy (non-hydrogen) atoms. The van der Waals surface area contributed by atoms with Gasteiger partial charge in [0.2, 0.25) is 0 Å². The van der Waals surface area contributed by atoms with Crippen molar-refractivity contribution >= 4 is 11.6 Å². The second kappa shape index (κ2) is 7.69. The first kappa shape index (κ1) is 26.9. The summed E-state index contributed by atoms with van der Waals surface area (Å²) in [6.45, 7) is 15.5. The maximum absolute atomic E-state index is 14.1. The molecular formula is C30H41LiN2O2. The molecule has 0 amide bonds. The number of nitriles is 1. The van der Waals surface area contributed by atoms with Crippen molar-refractivity contribution in [1.29, 1.82) is 5.26 Å². The van der Waals surface area contributed by atoms with Gasteiger partial charge in [-0.25, -0.2) is 0 Å². The van der Waals surface area contributed by atoms with Crippen molar-refractivity contribution in [3.05, 3.63) is 29.2 Å². The Kier molecular flexibility index (Phi) is 5.92. The van der Waals surface area contributed by atoms with Gasteiger partial charge in [0.05, 0.1) is 5.57 Å². The number of carbonyl (C=O) groups excluding carboxylic acids is 2. The molecule has 5 aliphatic carbocycles. The van der Waals surface area contributed by atoms with Gasteiger partial charge in [-0.05, 0) is 42.1 Å². The summed E-state index contributed by atoms with van der Waals surface area (Å²) in [5.74, 6) is 1.37. The molecule has 0 spiro atoms. The van der Waals surface area contributed by atoms with E-state index in [9.17, 15) is 14.9 Å². The average Bonchev–Trinajstić information content (AvgIpc) is 2.74. The molecule has 4 nitrogen and oxygen atoms in total. The third kappa shape index (κ3) is 3.27. The van der Waals surface area contributed by atoms with Gasteiger partial charge in [0.25, 0.3) is 0 Å². The molecule has 0 aliphatic heterocycles. The number of nitrogens with two attached hydrogens (primary N) is 1. The Hall–Kier alpha value is -1.13. The van der Waals surface area contributed by atoms with Crippen LogP contribution in [0, 0.1) is 56.2 Å². The molecule has 6 atom stereocenters. The molecule has 0 aromatic rings. The van der Waals surface area contributed by atoms with E-state index in [1.54, 1.807) is 0 Å². The van der Waals surface area contributed by atoms with Crippen LogP contribution in [-0.2, 0) is 9.59 Å². The Morgan fingerprint density at radius 2 is 1.63 bits per heavy atom. The van der Waals surface area contributed by atoms with E-state index in [0.29, 0.717) is 0 Å². The van der Waals surface area contributed by atoms with Gasteiger partial charge in [0, 0.05) is 10.8 Å². The monoisotopic (exact) mass is 468 g/mol. The SMILES string of the molecule is CC1(C)CC[C@]2(N)CC[C@]3(C)[C@H](C(=O)C=C4[C@@]5(C)C=C(C#N)C(=O)C(C)(C)C5CC[C@]43C)[C-]2C1.[Li+]. The molecule has 2 N–H and O–H groups in total. The Labute approximate surface area is 223 Å². The van der Waals surface area contributed by atoms with Gasteiger partial charge < -0.3 is 5.73 Å². The summed E-state index contributed by atoms with van der Waals surface area (Å²) >= 11 is 0. The van der Waals surface area contributed by atoms with Crippen LogP contribution in [0.25, 0.3) is 0 Å². The van der Waals surface area contributed by atoms with Gasteiger partial charge in [-0.1, -0.05) is 90.7 Å². The van der Waals surface area contributed by atoms with Crippen molar-refractivity contribution in [3.8, 4) is 6.07 Å². The van der Waals surface area contributed by atoms with E-state index in [2.05, 4.69) is 40.7 Å². The molecule has 0 aromatic heterocycles. The summed E-state index contributed by atoms with van der Waals surface area (Å²) < 4.78 is 0. The molecule has 184 valence electrons. The maximum atomic E-state index is 14.1. The zero-order valence-electron chi connectivity index (χ0n) is 23.1. The summed E-state index contributed by atoms with van der Waals surface area (Å²) in [4.78, 5) is 27.3. The van der Waals surface area contributed by atoms with Crippen LogP contribution in [0.2, 0.25) is 0 Å². The maximum Gasteiger partial charge on any atom is 1.00 e. The Morgan fingerprint density at radius 3 is 2.26 bits per heavy atom. The molecule has 5 heteroatoms. The van der Waals surface area contributed by atoms with E-state index in [4.69, 9.17) is 5.73 Å². The van der Waals surface area contributed by atoms with E-state index < -0.39 is 10.8 Å². The van der Waals surface area contributed by atoms with Crippen molar-refractivity contribution in [1.82, 2.24) is 0 Å². The van der Waals surface area contributed by atoms with Crippen LogP contribution < -0.4 is 24.6 Å². The minimum absolute atomic E-state index is 0. The standard InChI is InChI=1S/C30H41N2O2.Li/c1-25(2)10-12-30(32)13-11-29(7)23(19(30)16-25)20(33)14-22-27(5)15-18(17-31)24(34)26(3,4)21(27)8-9-28(22,29)6;/h14-15,21,23H,8-13,16,32H2,1-7H3;/q-1;+1/t21?,23-,27-,28+,29+,30-;/m0./s1. The number of fused-ring (bicyclic) bond motifs is 7. The molecule has 5 rings (SSSR count). The number of hydrogen-bond acceptors (Lipinski definition) is 4. The molecule has 0 bridgehead atoms. The van der Waals surface area contributed by atoms with Gasteiger partial charge in [-0.2, -0.15) is 11.7 Å². The van der Waals surface area contributed by atoms with Gasteiger partial charge in [0.15, 0.2) is 5.78 Å². The number of carbonyl (C=O) groups is 2. The van der Waals surface area contributed by atoms with E-state index in [0.717, 1.165) is 50.5 Å². The first-order valence-corrected chi connectivity index (χ1v) is 13.2. The first-order chi connectivity index (χ1) is 15.6. The van der Waals surface area contributed by atoms with Gasteiger partial charge in [0.1, 0.15) is 11.9 Å². The predicted molar refractivity (Wildman–Crippen MR) is 133 cm³/mol. The van der Waals surface area contributed by atoms with Crippen LogP contribution in [0.3, 0.4) is 0 Å². The molecule has 0 saturated heterocycles. The smallest absolute Gasteiger partial charge is 0.354 e. The van der Waals surface area contributed by atoms with Crippen molar-refractivity contribution in [3.63, 3.8) is 0 Å². The molecule has 0 heterocycles. The van der Waals surface area contributed by atoms with Crippen molar-refractivity contribution < 1.29 is 28.4 Å². The summed E-state index contributed by atoms with van der Waals surface area (Å²) in [6, 6.07) is 2.18. The van der Waals surface area contributed by atoms with E-state index in [-0.39, 0.29) is 69.6 Å². The van der Waals surface area contributed by atoms with E-state index in [1.807, 2.05) is 26.0 Å². The molecule has 5 aliphatic rings. The Bertz CT molecular complexity index is 1100. The predicted octanol–water partition coefficient (Wildman–Crippen LogP) is 2.88. The fourth-order valence-corrected chi connectivity index (χ4v) is 9.29. The third-order valence-electron chi connectivity index (χ3n) is 11.6. The van der Waals surface area contributed by atoms with Crippen molar-refractivity contribution in [2.24, 2.45) is 44.6 Å². The summed E-state index contributed by atoms with van der Waals surface area (Å²) in [6.07, 6.45) is 10.6. The number of nitrogens with zero attached hydrogens (tertiary/aromatic N) is 1. The average molecular weight is 469 g/mol. The zero-order chi connectivity index (χ0) is 25.1. The number of Topliss-reactive ketones (excluding diaryl/α,β-unsaturated/α-hetero) is 1. The first-order valence-electron chi connectivity index (χ1n) is 13.2. The summed E-state index contributed by atoms with van der Waals surface area (Å²) in [5.41, 5.74) is 6.80. The topological polar surface area (TPSA) is 83.9 Å². The van der Waals surface area contributed by atoms with Crippen molar-refractivity contribution in [2.45, 2.75) is 99.0 Å². The Morgan fingerprint density at radius 1 is 1.00 bits per heavy atom. The number of hydrogen-bond donors (Lipinski definition) is 1. The molecule has 3 saturated carbocycles. The minimum atomic E-state index is -0.626. The largest absolute Gasteiger partial charge is 1.00 e. The van der Waals surface area contributed by atoms with E-state index in [1.165, 1.54) is 5.92 Å². The second-order valence-corrected chi connectivity index (χ2v) is 14.3. The number of ketones is 2. The van der Waals surface area contributed by atoms with Crippen LogP contribution >= 0.6 is 0 Å². The molecule has 0 radical (unpaired) electrons. The normalized spacial score (nSPS) is 45.9. The second-order valence-electron chi connectivity index (χ2n) is 14.3. The summed E-state index contributed by atoms with van der Waals surface area (Å²) in [7, 11) is 0. The Balaban J connectivity index is 0.00000289. The van der Waals surface area contributed by atoms with Crippen LogP contribution in [-0.4, -0.2) is 17.1 Å². The van der Waals surface area contributed by atoms with Gasteiger partial charge in [-0.3, -0.25) is 15.5 Å². The fourth-order valence-electron chi connectivity index (χ4n) is 9.29.